The van der Waals surface area contributed by atoms with Crippen molar-refractivity contribution in [2.75, 3.05) is 0 Å². The molecule has 1 aromatic heterocycles. The minimum Gasteiger partial charge on any atom is -0.309 e. The van der Waals surface area contributed by atoms with Crippen LogP contribution in [0.3, 0.4) is 0 Å². The number of fused-ring (bicyclic) bond motifs is 3. The summed E-state index contributed by atoms with van der Waals surface area (Å²) in [6.07, 6.45) is -0.131. The minimum absolute atomic E-state index is 0.131. The molecule has 8 rings (SSSR count). The van der Waals surface area contributed by atoms with Gasteiger partial charge in [0.25, 0.3) is 0 Å². The number of aliphatic imine (C=N–C) groups is 1. The number of nitrogens with one attached hydrogen (secondary N) is 1. The number of nitrogens with zero attached hydrogens (tertiary/aromatic N) is 3. The van der Waals surface area contributed by atoms with E-state index in [4.69, 9.17) is 4.99 Å². The molecule has 0 radical (unpaired) electrons. The van der Waals surface area contributed by atoms with Crippen molar-refractivity contribution < 1.29 is 0 Å². The van der Waals surface area contributed by atoms with Gasteiger partial charge in [0.2, 0.25) is 0 Å². The first-order chi connectivity index (χ1) is 21.3. The molecule has 7 aromatic rings. The van der Waals surface area contributed by atoms with Gasteiger partial charge in [-0.05, 0) is 46.5 Å². The normalized spacial score (nSPS) is 14.8. The molecule has 0 bridgehead atoms. The summed E-state index contributed by atoms with van der Waals surface area (Å²) in [6, 6.07) is 55.9. The maximum atomic E-state index is 5.13. The van der Waals surface area contributed by atoms with Gasteiger partial charge in [-0.2, -0.15) is 0 Å². The highest BCUT2D eigenvalue weighted by Gasteiger charge is 2.27. The van der Waals surface area contributed by atoms with Crippen molar-refractivity contribution in [3.8, 4) is 16.8 Å². The Hall–Kier alpha value is -5.45. The van der Waals surface area contributed by atoms with Crippen molar-refractivity contribution in [2.45, 2.75) is 12.7 Å². The van der Waals surface area contributed by atoms with Crippen molar-refractivity contribution in [1.29, 1.82) is 0 Å². The van der Waals surface area contributed by atoms with E-state index in [0.29, 0.717) is 6.54 Å². The second-order valence-corrected chi connectivity index (χ2v) is 11.0. The summed E-state index contributed by atoms with van der Waals surface area (Å²) in [5.74, 6) is 0.948. The number of hydrazine groups is 1. The molecule has 6 aromatic carbocycles. The summed E-state index contributed by atoms with van der Waals surface area (Å²) in [7, 11) is 0. The Bertz CT molecular complexity index is 2080. The number of benzene rings is 6. The fourth-order valence-corrected chi connectivity index (χ4v) is 6.19. The zero-order valence-corrected chi connectivity index (χ0v) is 23.6. The standard InChI is InChI=1S/C39H30N4/c1-4-14-29(15-5-1)32-23-24-35-34-21-10-11-22-36(34)43(37(35)26-32)33-20-12-13-28(25-33)27-42-39(31-18-8-3-9-19-31)40-38(41-42)30-16-6-2-7-17-30/h1-26,38,41H,27H2. The Morgan fingerprint density at radius 3 is 2.00 bits per heavy atom. The molecular formula is C39H30N4. The highest BCUT2D eigenvalue weighted by Crippen LogP contribution is 2.35. The molecule has 4 heteroatoms. The monoisotopic (exact) mass is 554 g/mol. The van der Waals surface area contributed by atoms with Gasteiger partial charge >= 0.3 is 0 Å². The van der Waals surface area contributed by atoms with Gasteiger partial charge in [-0.1, -0.05) is 133 Å². The second-order valence-electron chi connectivity index (χ2n) is 11.0. The molecule has 4 nitrogen and oxygen atoms in total. The lowest BCUT2D eigenvalue weighted by Crippen LogP contribution is -2.37. The maximum Gasteiger partial charge on any atom is 0.147 e. The van der Waals surface area contributed by atoms with Crippen molar-refractivity contribution >= 4 is 27.6 Å². The molecule has 1 atom stereocenters. The highest BCUT2D eigenvalue weighted by molar-refractivity contribution is 6.10. The molecule has 1 aliphatic rings. The summed E-state index contributed by atoms with van der Waals surface area (Å²) < 4.78 is 2.40. The van der Waals surface area contributed by atoms with E-state index in [2.05, 4.69) is 161 Å². The average molecular weight is 555 g/mol. The van der Waals surface area contributed by atoms with Crippen LogP contribution in [0.15, 0.2) is 163 Å². The number of aromatic nitrogens is 1. The fourth-order valence-electron chi connectivity index (χ4n) is 6.19. The predicted molar refractivity (Wildman–Crippen MR) is 177 cm³/mol. The van der Waals surface area contributed by atoms with E-state index in [1.807, 2.05) is 12.1 Å². The van der Waals surface area contributed by atoms with Crippen molar-refractivity contribution in [1.82, 2.24) is 15.0 Å². The molecule has 2 heterocycles. The Morgan fingerprint density at radius 2 is 1.21 bits per heavy atom. The number of rotatable bonds is 6. The summed E-state index contributed by atoms with van der Waals surface area (Å²) in [5, 5.41) is 4.70. The topological polar surface area (TPSA) is 32.6 Å². The third kappa shape index (κ3) is 4.68. The SMILES string of the molecule is c1ccc(C2=NC(c3ccccc3)NN2Cc2cccc(-n3c4ccccc4c4ccc(-c5ccccc5)cc43)c2)cc1. The quantitative estimate of drug-likeness (QED) is 0.223. The first-order valence-electron chi connectivity index (χ1n) is 14.7. The maximum absolute atomic E-state index is 5.13. The molecule has 0 aliphatic carbocycles. The van der Waals surface area contributed by atoms with Gasteiger partial charge in [-0.15, -0.1) is 0 Å². The van der Waals surface area contributed by atoms with Crippen molar-refractivity contribution in [3.63, 3.8) is 0 Å². The van der Waals surface area contributed by atoms with Gasteiger partial charge < -0.3 is 4.57 Å². The molecule has 0 amide bonds. The van der Waals surface area contributed by atoms with Crippen LogP contribution in [0, 0.1) is 0 Å². The van der Waals surface area contributed by atoms with Gasteiger partial charge in [-0.25, -0.2) is 10.4 Å². The molecule has 43 heavy (non-hydrogen) atoms. The van der Waals surface area contributed by atoms with Gasteiger partial charge in [0.1, 0.15) is 12.0 Å². The van der Waals surface area contributed by atoms with Crippen LogP contribution in [-0.4, -0.2) is 15.4 Å². The summed E-state index contributed by atoms with van der Waals surface area (Å²) in [6.45, 7) is 0.678. The third-order valence-electron chi connectivity index (χ3n) is 8.22. The molecule has 0 spiro atoms. The van der Waals surface area contributed by atoms with E-state index in [9.17, 15) is 0 Å². The van der Waals surface area contributed by atoms with Crippen molar-refractivity contribution in [3.05, 3.63) is 174 Å². The summed E-state index contributed by atoms with van der Waals surface area (Å²) in [5.41, 5.74) is 13.1. The molecule has 0 saturated carbocycles. The Labute approximate surface area is 251 Å². The van der Waals surface area contributed by atoms with E-state index in [1.54, 1.807) is 0 Å². The smallest absolute Gasteiger partial charge is 0.147 e. The van der Waals surface area contributed by atoms with E-state index < -0.39 is 0 Å². The van der Waals surface area contributed by atoms with Crippen LogP contribution in [0.2, 0.25) is 0 Å². The van der Waals surface area contributed by atoms with E-state index >= 15 is 0 Å². The van der Waals surface area contributed by atoms with Gasteiger partial charge in [0.05, 0.1) is 17.6 Å². The lowest BCUT2D eigenvalue weighted by atomic mass is 10.0. The van der Waals surface area contributed by atoms with Crippen LogP contribution in [0.5, 0.6) is 0 Å². The molecule has 0 fully saturated rings. The Kier molecular flexibility index (Phi) is 6.32. The van der Waals surface area contributed by atoms with E-state index in [1.165, 1.54) is 38.5 Å². The number of hydrogen-bond donors (Lipinski definition) is 1. The second kappa shape index (κ2) is 10.8. The zero-order valence-electron chi connectivity index (χ0n) is 23.6. The van der Waals surface area contributed by atoms with Crippen molar-refractivity contribution in [2.24, 2.45) is 4.99 Å². The highest BCUT2D eigenvalue weighted by atomic mass is 15.6. The fraction of sp³-hybridized carbons (Fsp3) is 0.0513. The van der Waals surface area contributed by atoms with E-state index in [0.717, 1.165) is 22.6 Å². The molecular weight excluding hydrogens is 524 g/mol. The first kappa shape index (κ1) is 25.3. The Morgan fingerprint density at radius 1 is 0.535 bits per heavy atom. The van der Waals surface area contributed by atoms with Crippen LogP contribution in [0.25, 0.3) is 38.6 Å². The molecule has 1 unspecified atom stereocenters. The summed E-state index contributed by atoms with van der Waals surface area (Å²) in [4.78, 5) is 5.13. The van der Waals surface area contributed by atoms with Gasteiger partial charge in [-0.3, -0.25) is 5.01 Å². The lowest BCUT2D eigenvalue weighted by molar-refractivity contribution is 0.293. The molecule has 1 aliphatic heterocycles. The first-order valence-corrected chi connectivity index (χ1v) is 14.7. The van der Waals surface area contributed by atoms with Crippen LogP contribution in [0.4, 0.5) is 0 Å². The molecule has 206 valence electrons. The average Bonchev–Trinajstić information content (AvgIpc) is 3.65. The van der Waals surface area contributed by atoms with Crippen LogP contribution < -0.4 is 5.43 Å². The molecule has 1 N–H and O–H groups in total. The minimum atomic E-state index is -0.131. The van der Waals surface area contributed by atoms with Crippen LogP contribution >= 0.6 is 0 Å². The predicted octanol–water partition coefficient (Wildman–Crippen LogP) is 8.92. The number of para-hydroxylation sites is 1. The number of hydrogen-bond acceptors (Lipinski definition) is 3. The molecule has 0 saturated heterocycles. The van der Waals surface area contributed by atoms with Crippen LogP contribution in [-0.2, 0) is 6.54 Å². The third-order valence-corrected chi connectivity index (χ3v) is 8.22. The van der Waals surface area contributed by atoms with Gasteiger partial charge in [0.15, 0.2) is 0 Å². The van der Waals surface area contributed by atoms with Crippen LogP contribution in [0.1, 0.15) is 22.9 Å². The largest absolute Gasteiger partial charge is 0.309 e. The zero-order chi connectivity index (χ0) is 28.6. The van der Waals surface area contributed by atoms with E-state index in [-0.39, 0.29) is 6.17 Å². The number of amidine groups is 1. The van der Waals surface area contributed by atoms with Gasteiger partial charge in [0, 0.05) is 22.0 Å². The lowest BCUT2D eigenvalue weighted by Gasteiger charge is -2.22. The summed E-state index contributed by atoms with van der Waals surface area (Å²) >= 11 is 0. The Balaban J connectivity index is 1.20.